The third kappa shape index (κ3) is 5.59. The summed E-state index contributed by atoms with van der Waals surface area (Å²) in [5.41, 5.74) is 1.78. The van der Waals surface area contributed by atoms with Crippen LogP contribution >= 0.6 is 0 Å². The van der Waals surface area contributed by atoms with Crippen molar-refractivity contribution in [1.82, 2.24) is 0 Å². The Morgan fingerprint density at radius 3 is 2.34 bits per heavy atom. The standard InChI is InChI=1S/C29H27F3O3/c1-3-16-34-22-12-13-23(26(30)17-22)19-8-10-21(11-9-19)35-29(33)25-15-14-24(27(31)28(25)32)20-6-4-18(2)5-7-20/h3-7,12-15,17,19,21H,1,8-11,16H2,2H3. The summed E-state index contributed by atoms with van der Waals surface area (Å²) in [4.78, 5) is 12.6. The first-order chi connectivity index (χ1) is 16.9. The molecule has 3 aromatic carbocycles. The molecule has 0 N–H and O–H groups in total. The summed E-state index contributed by atoms with van der Waals surface area (Å²) in [6.45, 7) is 5.77. The molecule has 4 rings (SSSR count). The van der Waals surface area contributed by atoms with Crippen LogP contribution in [0.3, 0.4) is 0 Å². The van der Waals surface area contributed by atoms with Crippen molar-refractivity contribution in [2.75, 3.05) is 6.61 Å². The van der Waals surface area contributed by atoms with Gasteiger partial charge in [0.15, 0.2) is 11.6 Å². The summed E-state index contributed by atoms with van der Waals surface area (Å²) in [5.74, 6) is -3.10. The van der Waals surface area contributed by atoms with Crippen molar-refractivity contribution >= 4 is 5.97 Å². The van der Waals surface area contributed by atoms with Crippen molar-refractivity contribution < 1.29 is 27.4 Å². The van der Waals surface area contributed by atoms with Crippen molar-refractivity contribution in [2.24, 2.45) is 0 Å². The van der Waals surface area contributed by atoms with Gasteiger partial charge in [-0.15, -0.1) is 0 Å². The molecule has 0 atom stereocenters. The van der Waals surface area contributed by atoms with Crippen molar-refractivity contribution in [2.45, 2.75) is 44.6 Å². The number of carbonyl (C=O) groups excluding carboxylic acids is 1. The van der Waals surface area contributed by atoms with E-state index in [9.17, 15) is 18.0 Å². The molecule has 0 aliphatic heterocycles. The Bertz CT molecular complexity index is 1210. The van der Waals surface area contributed by atoms with E-state index in [1.165, 1.54) is 18.2 Å². The maximum atomic E-state index is 14.7. The van der Waals surface area contributed by atoms with Crippen molar-refractivity contribution in [3.63, 3.8) is 0 Å². The van der Waals surface area contributed by atoms with Crippen LogP contribution in [-0.4, -0.2) is 18.7 Å². The average Bonchev–Trinajstić information content (AvgIpc) is 2.85. The molecule has 1 saturated carbocycles. The molecule has 6 heteroatoms. The van der Waals surface area contributed by atoms with Gasteiger partial charge in [-0.05, 0) is 61.8 Å². The summed E-state index contributed by atoms with van der Waals surface area (Å²) in [6.07, 6.45) is 3.41. The number of hydrogen-bond donors (Lipinski definition) is 0. The molecule has 0 unspecified atom stereocenters. The minimum Gasteiger partial charge on any atom is -0.489 e. The molecule has 0 amide bonds. The van der Waals surface area contributed by atoms with Gasteiger partial charge in [-0.3, -0.25) is 0 Å². The Labute approximate surface area is 203 Å². The first-order valence-corrected chi connectivity index (χ1v) is 11.7. The first kappa shape index (κ1) is 24.6. The van der Waals surface area contributed by atoms with E-state index in [2.05, 4.69) is 6.58 Å². The second kappa shape index (κ2) is 10.8. The quantitative estimate of drug-likeness (QED) is 0.259. The Morgan fingerprint density at radius 2 is 1.69 bits per heavy atom. The van der Waals surface area contributed by atoms with Crippen LogP contribution in [0.5, 0.6) is 5.75 Å². The summed E-state index contributed by atoms with van der Waals surface area (Å²) < 4.78 is 54.9. The van der Waals surface area contributed by atoms with Crippen LogP contribution in [-0.2, 0) is 4.74 Å². The summed E-state index contributed by atoms with van der Waals surface area (Å²) in [5, 5.41) is 0. The van der Waals surface area contributed by atoms with Gasteiger partial charge >= 0.3 is 5.97 Å². The topological polar surface area (TPSA) is 35.5 Å². The molecule has 1 fully saturated rings. The lowest BCUT2D eigenvalue weighted by atomic mass is 9.82. The van der Waals surface area contributed by atoms with Crippen molar-refractivity contribution in [1.29, 1.82) is 0 Å². The average molecular weight is 481 g/mol. The predicted molar refractivity (Wildman–Crippen MR) is 129 cm³/mol. The van der Waals surface area contributed by atoms with Gasteiger partial charge in [0.2, 0.25) is 0 Å². The van der Waals surface area contributed by atoms with E-state index >= 15 is 0 Å². The number of halogens is 3. The van der Waals surface area contributed by atoms with E-state index < -0.39 is 29.3 Å². The molecular weight excluding hydrogens is 453 g/mol. The summed E-state index contributed by atoms with van der Waals surface area (Å²) in [6, 6.07) is 14.5. The monoisotopic (exact) mass is 480 g/mol. The lowest BCUT2D eigenvalue weighted by Gasteiger charge is -2.29. The van der Waals surface area contributed by atoms with E-state index in [1.807, 2.05) is 19.1 Å². The van der Waals surface area contributed by atoms with E-state index in [4.69, 9.17) is 9.47 Å². The second-order valence-corrected chi connectivity index (χ2v) is 8.82. The number of aryl methyl sites for hydroxylation is 1. The zero-order valence-corrected chi connectivity index (χ0v) is 19.5. The minimum atomic E-state index is -1.22. The summed E-state index contributed by atoms with van der Waals surface area (Å²) >= 11 is 0. The van der Waals surface area contributed by atoms with E-state index in [1.54, 1.807) is 30.3 Å². The van der Waals surface area contributed by atoms with Gasteiger partial charge in [-0.25, -0.2) is 18.0 Å². The van der Waals surface area contributed by atoms with Crippen LogP contribution in [0.4, 0.5) is 13.2 Å². The minimum absolute atomic E-state index is 0.0126. The van der Waals surface area contributed by atoms with Gasteiger partial charge in [-0.2, -0.15) is 0 Å². The number of carbonyl (C=O) groups is 1. The van der Waals surface area contributed by atoms with E-state index in [0.717, 1.165) is 5.56 Å². The number of ether oxygens (including phenoxy) is 2. The van der Waals surface area contributed by atoms with Crippen LogP contribution in [0.2, 0.25) is 0 Å². The van der Waals surface area contributed by atoms with Crippen molar-refractivity contribution in [3.8, 4) is 16.9 Å². The molecule has 3 nitrogen and oxygen atoms in total. The molecule has 0 aromatic heterocycles. The lowest BCUT2D eigenvalue weighted by Crippen LogP contribution is -2.25. The maximum Gasteiger partial charge on any atom is 0.341 e. The van der Waals surface area contributed by atoms with Gasteiger partial charge in [-0.1, -0.05) is 54.6 Å². The number of esters is 1. The van der Waals surface area contributed by atoms with Gasteiger partial charge in [0.05, 0.1) is 5.56 Å². The number of hydrogen-bond acceptors (Lipinski definition) is 3. The van der Waals surface area contributed by atoms with Crippen LogP contribution in [0.1, 0.15) is 53.1 Å². The van der Waals surface area contributed by atoms with Gasteiger partial charge < -0.3 is 9.47 Å². The second-order valence-electron chi connectivity index (χ2n) is 8.82. The normalized spacial score (nSPS) is 17.6. The van der Waals surface area contributed by atoms with Crippen LogP contribution in [0.15, 0.2) is 67.3 Å². The predicted octanol–water partition coefficient (Wildman–Crippen LogP) is 7.53. The fraction of sp³-hybridized carbons (Fsp3) is 0.276. The highest BCUT2D eigenvalue weighted by atomic mass is 19.2. The van der Waals surface area contributed by atoms with Crippen molar-refractivity contribution in [3.05, 3.63) is 101 Å². The maximum absolute atomic E-state index is 14.7. The third-order valence-electron chi connectivity index (χ3n) is 6.39. The molecule has 1 aliphatic carbocycles. The lowest BCUT2D eigenvalue weighted by molar-refractivity contribution is 0.0188. The Balaban J connectivity index is 1.38. The van der Waals surface area contributed by atoms with Gasteiger partial charge in [0.1, 0.15) is 24.3 Å². The van der Waals surface area contributed by atoms with Crippen LogP contribution < -0.4 is 4.74 Å². The SMILES string of the molecule is C=CCOc1ccc(C2CCC(OC(=O)c3ccc(-c4ccc(C)cc4)c(F)c3F)CC2)c(F)c1. The van der Waals surface area contributed by atoms with Crippen LogP contribution in [0, 0.1) is 24.4 Å². The first-order valence-electron chi connectivity index (χ1n) is 11.7. The highest BCUT2D eigenvalue weighted by Crippen LogP contribution is 2.37. The molecule has 0 radical (unpaired) electrons. The third-order valence-corrected chi connectivity index (χ3v) is 6.39. The molecular formula is C29H27F3O3. The Kier molecular flexibility index (Phi) is 7.59. The largest absolute Gasteiger partial charge is 0.489 e. The molecule has 0 heterocycles. The van der Waals surface area contributed by atoms with E-state index in [-0.39, 0.29) is 17.3 Å². The zero-order valence-electron chi connectivity index (χ0n) is 19.5. The van der Waals surface area contributed by atoms with Crippen LogP contribution in [0.25, 0.3) is 11.1 Å². The van der Waals surface area contributed by atoms with Gasteiger partial charge in [0.25, 0.3) is 0 Å². The fourth-order valence-corrected chi connectivity index (χ4v) is 4.45. The molecule has 1 aliphatic rings. The molecule has 0 bridgehead atoms. The Morgan fingerprint density at radius 1 is 0.971 bits per heavy atom. The zero-order chi connectivity index (χ0) is 24.9. The Hall–Kier alpha value is -3.54. The highest BCUT2D eigenvalue weighted by molar-refractivity contribution is 5.90. The molecule has 35 heavy (non-hydrogen) atoms. The highest BCUT2D eigenvalue weighted by Gasteiger charge is 2.28. The number of benzene rings is 3. The molecule has 182 valence electrons. The van der Waals surface area contributed by atoms with Gasteiger partial charge in [0, 0.05) is 11.6 Å². The smallest absolute Gasteiger partial charge is 0.341 e. The fourth-order valence-electron chi connectivity index (χ4n) is 4.45. The molecule has 0 spiro atoms. The molecule has 0 saturated heterocycles. The molecule has 3 aromatic rings. The van der Waals surface area contributed by atoms with E-state index in [0.29, 0.717) is 49.2 Å². The summed E-state index contributed by atoms with van der Waals surface area (Å²) in [7, 11) is 0. The number of rotatable bonds is 7.